The summed E-state index contributed by atoms with van der Waals surface area (Å²) < 4.78 is 0. The molecule has 0 heterocycles. The maximum Gasteiger partial charge on any atom is 0.120 e. The van der Waals surface area contributed by atoms with Gasteiger partial charge in [0.25, 0.3) is 0 Å². The molecule has 0 aromatic carbocycles. The van der Waals surface area contributed by atoms with Crippen LogP contribution in [0.25, 0.3) is 0 Å². The molecule has 0 aromatic rings. The Kier molecular flexibility index (Phi) is 32.9. The zero-order valence-electron chi connectivity index (χ0n) is 26.9. The smallest absolute Gasteiger partial charge is 0.120 e. The lowest BCUT2D eigenvalue weighted by Crippen LogP contribution is -2.27. The van der Waals surface area contributed by atoms with Gasteiger partial charge in [0, 0.05) is 12.8 Å². The van der Waals surface area contributed by atoms with Crippen LogP contribution in [0.3, 0.4) is 0 Å². The summed E-state index contributed by atoms with van der Waals surface area (Å²) in [5.74, 6) is 0.981. The molecular weight excluding hydrogens is 478 g/mol. The Morgan fingerprint density at radius 2 is 0.744 bits per heavy atom. The first kappa shape index (κ1) is 38.3. The van der Waals surface area contributed by atoms with E-state index in [2.05, 4.69) is 18.7 Å². The standard InChI is InChI=1S/C36H71NO2/c1-3-5-7-9-14-20-28-36(29-21-15-10-8-6-4-2)30-22-16-13-18-24-32-37(33-25-27-35-39)31-23-17-11-12-19-26-34-38/h34-36H,3-33H2,1-2H3. The van der Waals surface area contributed by atoms with E-state index in [0.717, 1.165) is 44.3 Å². The number of nitrogens with zero attached hydrogens (tertiary/aromatic N) is 1. The van der Waals surface area contributed by atoms with Gasteiger partial charge in [-0.2, -0.15) is 0 Å². The molecule has 0 aliphatic heterocycles. The monoisotopic (exact) mass is 550 g/mol. The van der Waals surface area contributed by atoms with Gasteiger partial charge in [-0.3, -0.25) is 0 Å². The van der Waals surface area contributed by atoms with Crippen LogP contribution in [0.4, 0.5) is 0 Å². The lowest BCUT2D eigenvalue weighted by molar-refractivity contribution is -0.108. The first-order valence-corrected chi connectivity index (χ1v) is 17.9. The molecule has 0 rings (SSSR count). The van der Waals surface area contributed by atoms with Gasteiger partial charge in [-0.05, 0) is 51.2 Å². The lowest BCUT2D eigenvalue weighted by atomic mass is 9.89. The molecular formula is C36H71NO2. The Morgan fingerprint density at radius 1 is 0.410 bits per heavy atom. The summed E-state index contributed by atoms with van der Waals surface area (Å²) in [6.07, 6.45) is 39.0. The molecule has 0 aromatic heterocycles. The van der Waals surface area contributed by atoms with Crippen molar-refractivity contribution in [1.29, 1.82) is 0 Å². The third kappa shape index (κ3) is 30.1. The van der Waals surface area contributed by atoms with Gasteiger partial charge in [0.15, 0.2) is 0 Å². The number of hydrogen-bond donors (Lipinski definition) is 0. The Balaban J connectivity index is 4.10. The summed E-state index contributed by atoms with van der Waals surface area (Å²) in [6, 6.07) is 0. The molecule has 0 saturated carbocycles. The van der Waals surface area contributed by atoms with Crippen molar-refractivity contribution >= 4 is 12.6 Å². The van der Waals surface area contributed by atoms with Crippen LogP contribution >= 0.6 is 0 Å². The van der Waals surface area contributed by atoms with E-state index >= 15 is 0 Å². The third-order valence-electron chi connectivity index (χ3n) is 8.61. The Morgan fingerprint density at radius 3 is 1.18 bits per heavy atom. The fraction of sp³-hybridized carbons (Fsp3) is 0.944. The molecule has 232 valence electrons. The molecule has 0 aliphatic rings. The molecule has 0 atom stereocenters. The van der Waals surface area contributed by atoms with Crippen molar-refractivity contribution < 1.29 is 9.59 Å². The highest BCUT2D eigenvalue weighted by molar-refractivity contribution is 5.49. The topological polar surface area (TPSA) is 37.4 Å². The van der Waals surface area contributed by atoms with Gasteiger partial charge in [0.2, 0.25) is 0 Å². The minimum Gasteiger partial charge on any atom is -0.303 e. The number of carbonyl (C=O) groups is 2. The summed E-state index contributed by atoms with van der Waals surface area (Å²) in [4.78, 5) is 23.8. The molecule has 3 nitrogen and oxygen atoms in total. The summed E-state index contributed by atoms with van der Waals surface area (Å²) in [6.45, 7) is 8.06. The lowest BCUT2D eigenvalue weighted by Gasteiger charge is -2.22. The van der Waals surface area contributed by atoms with Crippen molar-refractivity contribution in [1.82, 2.24) is 4.90 Å². The zero-order valence-corrected chi connectivity index (χ0v) is 26.9. The average Bonchev–Trinajstić information content (AvgIpc) is 2.94. The number of hydrogen-bond acceptors (Lipinski definition) is 3. The summed E-state index contributed by atoms with van der Waals surface area (Å²) in [5, 5.41) is 0. The minimum atomic E-state index is 0.695. The fourth-order valence-corrected chi connectivity index (χ4v) is 5.99. The maximum absolute atomic E-state index is 10.8. The molecule has 0 bridgehead atoms. The SMILES string of the molecule is CCCCCCCCC(CCCCCCCC)CCCCCCCN(CCCC=O)CCCCCCCC=O. The molecule has 0 N–H and O–H groups in total. The molecule has 0 saturated heterocycles. The van der Waals surface area contributed by atoms with Crippen molar-refractivity contribution in [3.05, 3.63) is 0 Å². The first-order chi connectivity index (χ1) is 19.3. The van der Waals surface area contributed by atoms with Crippen LogP contribution in [0.5, 0.6) is 0 Å². The average molecular weight is 550 g/mol. The summed E-state index contributed by atoms with van der Waals surface area (Å²) >= 11 is 0. The highest BCUT2D eigenvalue weighted by Crippen LogP contribution is 2.24. The van der Waals surface area contributed by atoms with Crippen LogP contribution in [0.15, 0.2) is 0 Å². The van der Waals surface area contributed by atoms with E-state index in [1.54, 1.807) is 0 Å². The maximum atomic E-state index is 10.8. The molecule has 0 amide bonds. The predicted octanol–water partition coefficient (Wildman–Crippen LogP) is 11.3. The van der Waals surface area contributed by atoms with Gasteiger partial charge in [-0.15, -0.1) is 0 Å². The van der Waals surface area contributed by atoms with E-state index in [-0.39, 0.29) is 0 Å². The van der Waals surface area contributed by atoms with Crippen LogP contribution in [-0.2, 0) is 9.59 Å². The number of aldehydes is 2. The Labute approximate surface area is 246 Å². The van der Waals surface area contributed by atoms with E-state index in [0.29, 0.717) is 6.42 Å². The molecule has 0 fully saturated rings. The van der Waals surface area contributed by atoms with Crippen molar-refractivity contribution in [2.75, 3.05) is 19.6 Å². The van der Waals surface area contributed by atoms with Gasteiger partial charge in [0.1, 0.15) is 12.6 Å². The van der Waals surface area contributed by atoms with E-state index in [1.807, 2.05) is 0 Å². The second-order valence-corrected chi connectivity index (χ2v) is 12.4. The molecule has 0 aliphatic carbocycles. The zero-order chi connectivity index (χ0) is 28.5. The highest BCUT2D eigenvalue weighted by atomic mass is 16.1. The first-order valence-electron chi connectivity index (χ1n) is 17.9. The van der Waals surface area contributed by atoms with Crippen LogP contribution in [-0.4, -0.2) is 37.1 Å². The predicted molar refractivity (Wildman–Crippen MR) is 173 cm³/mol. The van der Waals surface area contributed by atoms with Crippen molar-refractivity contribution in [3.63, 3.8) is 0 Å². The Bertz CT molecular complexity index is 465. The third-order valence-corrected chi connectivity index (χ3v) is 8.61. The molecule has 0 spiro atoms. The van der Waals surface area contributed by atoms with Crippen molar-refractivity contribution in [2.24, 2.45) is 5.92 Å². The number of rotatable bonds is 34. The molecule has 39 heavy (non-hydrogen) atoms. The van der Waals surface area contributed by atoms with Crippen LogP contribution < -0.4 is 0 Å². The van der Waals surface area contributed by atoms with E-state index in [4.69, 9.17) is 0 Å². The van der Waals surface area contributed by atoms with Gasteiger partial charge in [-0.25, -0.2) is 0 Å². The second kappa shape index (κ2) is 33.5. The number of unbranched alkanes of at least 4 members (excludes halogenated alkanes) is 20. The van der Waals surface area contributed by atoms with Crippen molar-refractivity contribution in [3.8, 4) is 0 Å². The molecule has 0 unspecified atom stereocenters. The largest absolute Gasteiger partial charge is 0.303 e. The van der Waals surface area contributed by atoms with Gasteiger partial charge >= 0.3 is 0 Å². The Hall–Kier alpha value is -0.700. The number of carbonyl (C=O) groups excluding carboxylic acids is 2. The van der Waals surface area contributed by atoms with Crippen LogP contribution in [0.1, 0.15) is 194 Å². The van der Waals surface area contributed by atoms with Crippen LogP contribution in [0.2, 0.25) is 0 Å². The summed E-state index contributed by atoms with van der Waals surface area (Å²) in [5.41, 5.74) is 0. The van der Waals surface area contributed by atoms with E-state index < -0.39 is 0 Å². The van der Waals surface area contributed by atoms with Crippen LogP contribution in [0, 0.1) is 5.92 Å². The summed E-state index contributed by atoms with van der Waals surface area (Å²) in [7, 11) is 0. The van der Waals surface area contributed by atoms with E-state index in [9.17, 15) is 9.59 Å². The minimum absolute atomic E-state index is 0.695. The van der Waals surface area contributed by atoms with E-state index in [1.165, 1.54) is 167 Å². The highest BCUT2D eigenvalue weighted by Gasteiger charge is 2.09. The quantitative estimate of drug-likeness (QED) is 0.0591. The molecule has 0 radical (unpaired) electrons. The van der Waals surface area contributed by atoms with Gasteiger partial charge in [0.05, 0.1) is 0 Å². The van der Waals surface area contributed by atoms with Gasteiger partial charge < -0.3 is 14.5 Å². The van der Waals surface area contributed by atoms with Crippen molar-refractivity contribution in [2.45, 2.75) is 194 Å². The van der Waals surface area contributed by atoms with Gasteiger partial charge in [-0.1, -0.05) is 155 Å². The molecule has 3 heteroatoms. The normalized spacial score (nSPS) is 11.6. The fourth-order valence-electron chi connectivity index (χ4n) is 5.99. The second-order valence-electron chi connectivity index (χ2n) is 12.4.